The second kappa shape index (κ2) is 8.55. The zero-order valence-electron chi connectivity index (χ0n) is 9.55. The summed E-state index contributed by atoms with van der Waals surface area (Å²) in [4.78, 5) is 0. The molecule has 0 rings (SSSR count). The van der Waals surface area contributed by atoms with Crippen LogP contribution in [0.1, 0.15) is 39.5 Å². The third-order valence-corrected chi connectivity index (χ3v) is 1.99. The lowest BCUT2D eigenvalue weighted by Gasteiger charge is -2.01. The van der Waals surface area contributed by atoms with Crippen LogP contribution < -0.4 is 0 Å². The molecule has 14 heavy (non-hydrogen) atoms. The molecule has 0 amide bonds. The molecule has 0 saturated heterocycles. The van der Waals surface area contributed by atoms with Crippen LogP contribution in [0.5, 0.6) is 0 Å². The van der Waals surface area contributed by atoms with E-state index in [1.165, 1.54) is 11.1 Å². The molecule has 0 radical (unpaired) electrons. The summed E-state index contributed by atoms with van der Waals surface area (Å²) in [5, 5.41) is 0. The smallest absolute Gasteiger partial charge is 0.0288 e. The van der Waals surface area contributed by atoms with Gasteiger partial charge in [-0.05, 0) is 39.5 Å². The maximum atomic E-state index is 4.06. The maximum absolute atomic E-state index is 4.06. The van der Waals surface area contributed by atoms with Crippen molar-refractivity contribution in [2.45, 2.75) is 39.5 Å². The van der Waals surface area contributed by atoms with E-state index in [2.05, 4.69) is 39.2 Å². The Hall–Kier alpha value is -1.04. The first-order chi connectivity index (χ1) is 6.66. The van der Waals surface area contributed by atoms with E-state index < -0.39 is 0 Å². The standard InChI is InChI=1S/C14H22/c1-5-6-7-8-11-14(4)12-9-10-13(2)3/h5-7,10H,1,4,8-9,11-12H2,2-3H3/b7-6+. The summed E-state index contributed by atoms with van der Waals surface area (Å²) in [5.74, 6) is 0. The van der Waals surface area contributed by atoms with Crippen LogP contribution in [-0.4, -0.2) is 0 Å². The van der Waals surface area contributed by atoms with Gasteiger partial charge < -0.3 is 0 Å². The topological polar surface area (TPSA) is 0 Å². The summed E-state index contributed by atoms with van der Waals surface area (Å²) in [7, 11) is 0. The zero-order valence-corrected chi connectivity index (χ0v) is 9.55. The Bertz CT molecular complexity index is 224. The predicted octanol–water partition coefficient (Wildman–Crippen LogP) is 4.81. The van der Waals surface area contributed by atoms with Crippen LogP contribution in [-0.2, 0) is 0 Å². The minimum absolute atomic E-state index is 1.08. The first-order valence-electron chi connectivity index (χ1n) is 5.24. The molecule has 0 fully saturated rings. The number of hydrogen-bond donors (Lipinski definition) is 0. The van der Waals surface area contributed by atoms with E-state index >= 15 is 0 Å². The van der Waals surface area contributed by atoms with Crippen LogP contribution in [0.25, 0.3) is 0 Å². The minimum Gasteiger partial charge on any atom is -0.0998 e. The molecule has 0 aliphatic heterocycles. The van der Waals surface area contributed by atoms with Gasteiger partial charge in [-0.1, -0.05) is 48.6 Å². The first kappa shape index (κ1) is 13.0. The van der Waals surface area contributed by atoms with Gasteiger partial charge in [0.25, 0.3) is 0 Å². The third-order valence-electron chi connectivity index (χ3n) is 1.99. The van der Waals surface area contributed by atoms with Crippen molar-refractivity contribution >= 4 is 0 Å². The predicted molar refractivity (Wildman–Crippen MR) is 66.4 cm³/mol. The van der Waals surface area contributed by atoms with Crippen molar-refractivity contribution in [2.75, 3.05) is 0 Å². The van der Waals surface area contributed by atoms with Gasteiger partial charge >= 0.3 is 0 Å². The summed E-state index contributed by atoms with van der Waals surface area (Å²) >= 11 is 0. The van der Waals surface area contributed by atoms with Gasteiger partial charge in [-0.3, -0.25) is 0 Å². The van der Waals surface area contributed by atoms with Gasteiger partial charge in [0.1, 0.15) is 0 Å². The molecule has 78 valence electrons. The molecule has 0 bridgehead atoms. The largest absolute Gasteiger partial charge is 0.0998 e. The molecule has 0 aromatic carbocycles. The van der Waals surface area contributed by atoms with Crippen LogP contribution in [0.15, 0.2) is 48.6 Å². The van der Waals surface area contributed by atoms with E-state index in [0.717, 1.165) is 25.7 Å². The maximum Gasteiger partial charge on any atom is -0.0288 e. The lowest BCUT2D eigenvalue weighted by Crippen LogP contribution is -1.81. The Kier molecular flexibility index (Phi) is 7.92. The molecule has 0 N–H and O–H groups in total. The van der Waals surface area contributed by atoms with Crippen molar-refractivity contribution in [3.63, 3.8) is 0 Å². The van der Waals surface area contributed by atoms with E-state index in [9.17, 15) is 0 Å². The monoisotopic (exact) mass is 190 g/mol. The summed E-state index contributed by atoms with van der Waals surface area (Å²) in [5.41, 5.74) is 2.74. The van der Waals surface area contributed by atoms with Crippen molar-refractivity contribution in [3.8, 4) is 0 Å². The Balaban J connectivity index is 3.51. The second-order valence-corrected chi connectivity index (χ2v) is 3.77. The summed E-state index contributed by atoms with van der Waals surface area (Å²) in [6.45, 7) is 12.0. The summed E-state index contributed by atoms with van der Waals surface area (Å²) < 4.78 is 0. The average molecular weight is 190 g/mol. The molecule has 0 atom stereocenters. The molecule has 0 aliphatic carbocycles. The van der Waals surface area contributed by atoms with Gasteiger partial charge in [-0.2, -0.15) is 0 Å². The van der Waals surface area contributed by atoms with E-state index in [0.29, 0.717) is 0 Å². The zero-order chi connectivity index (χ0) is 10.8. The molecule has 0 aromatic heterocycles. The molecular weight excluding hydrogens is 168 g/mol. The van der Waals surface area contributed by atoms with Gasteiger partial charge in [0.2, 0.25) is 0 Å². The van der Waals surface area contributed by atoms with Gasteiger partial charge in [-0.25, -0.2) is 0 Å². The highest BCUT2D eigenvalue weighted by atomic mass is 14.0. The molecule has 0 aliphatic rings. The van der Waals surface area contributed by atoms with Crippen LogP contribution in [0.2, 0.25) is 0 Å². The molecule has 0 heterocycles. The van der Waals surface area contributed by atoms with Crippen molar-refractivity contribution in [1.82, 2.24) is 0 Å². The number of rotatable bonds is 7. The normalized spacial score (nSPS) is 10.1. The highest BCUT2D eigenvalue weighted by Gasteiger charge is 1.91. The average Bonchev–Trinajstić information content (AvgIpc) is 2.12. The lowest BCUT2D eigenvalue weighted by atomic mass is 10.1. The van der Waals surface area contributed by atoms with E-state index in [1.807, 2.05) is 12.2 Å². The molecule has 0 nitrogen and oxygen atoms in total. The highest BCUT2D eigenvalue weighted by Crippen LogP contribution is 2.11. The highest BCUT2D eigenvalue weighted by molar-refractivity contribution is 5.03. The van der Waals surface area contributed by atoms with Crippen molar-refractivity contribution < 1.29 is 0 Å². The summed E-state index contributed by atoms with van der Waals surface area (Å²) in [6.07, 6.45) is 12.6. The first-order valence-corrected chi connectivity index (χ1v) is 5.24. The van der Waals surface area contributed by atoms with Gasteiger partial charge in [0, 0.05) is 0 Å². The quantitative estimate of drug-likeness (QED) is 0.399. The Morgan fingerprint density at radius 1 is 1.14 bits per heavy atom. The minimum atomic E-state index is 1.08. The van der Waals surface area contributed by atoms with Crippen molar-refractivity contribution in [3.05, 3.63) is 48.6 Å². The Labute approximate surface area is 88.7 Å². The molecular formula is C14H22. The number of allylic oxidation sites excluding steroid dienone is 6. The summed E-state index contributed by atoms with van der Waals surface area (Å²) in [6, 6.07) is 0. The van der Waals surface area contributed by atoms with Gasteiger partial charge in [-0.15, -0.1) is 0 Å². The molecule has 0 saturated carbocycles. The fraction of sp³-hybridized carbons (Fsp3) is 0.429. The lowest BCUT2D eigenvalue weighted by molar-refractivity contribution is 0.866. The van der Waals surface area contributed by atoms with E-state index in [4.69, 9.17) is 0 Å². The van der Waals surface area contributed by atoms with Crippen LogP contribution >= 0.6 is 0 Å². The SMILES string of the molecule is C=C/C=C/CCC(=C)CCC=C(C)C. The molecule has 0 spiro atoms. The molecule has 0 unspecified atom stereocenters. The van der Waals surface area contributed by atoms with Crippen LogP contribution in [0.4, 0.5) is 0 Å². The van der Waals surface area contributed by atoms with Crippen LogP contribution in [0.3, 0.4) is 0 Å². The fourth-order valence-electron chi connectivity index (χ4n) is 1.17. The fourth-order valence-corrected chi connectivity index (χ4v) is 1.17. The van der Waals surface area contributed by atoms with E-state index in [-0.39, 0.29) is 0 Å². The Morgan fingerprint density at radius 3 is 2.36 bits per heavy atom. The van der Waals surface area contributed by atoms with Crippen LogP contribution in [0, 0.1) is 0 Å². The Morgan fingerprint density at radius 2 is 1.79 bits per heavy atom. The number of hydrogen-bond acceptors (Lipinski definition) is 0. The second-order valence-electron chi connectivity index (χ2n) is 3.77. The van der Waals surface area contributed by atoms with Gasteiger partial charge in [0.05, 0.1) is 0 Å². The molecule has 0 aromatic rings. The molecule has 0 heteroatoms. The third kappa shape index (κ3) is 9.05. The van der Waals surface area contributed by atoms with E-state index in [1.54, 1.807) is 0 Å². The van der Waals surface area contributed by atoms with Gasteiger partial charge in [0.15, 0.2) is 0 Å². The van der Waals surface area contributed by atoms with Crippen molar-refractivity contribution in [1.29, 1.82) is 0 Å². The van der Waals surface area contributed by atoms with Crippen molar-refractivity contribution in [2.24, 2.45) is 0 Å².